The molecule has 42 heavy (non-hydrogen) atoms. The number of pyridine rings is 1. The molecular weight excluding hydrogens is 548 g/mol. The molecule has 0 atom stereocenters. The second kappa shape index (κ2) is 13.1. The second-order valence-corrected chi connectivity index (χ2v) is 11.2. The fraction of sp³-hybridized carbons (Fsp3) is 0.235. The van der Waals surface area contributed by atoms with E-state index in [0.717, 1.165) is 44.4 Å². The molecule has 0 unspecified atom stereocenters. The van der Waals surface area contributed by atoms with Crippen LogP contribution in [0.25, 0.3) is 20.7 Å². The number of carbonyl (C=O) groups excluding carboxylic acids is 1. The first kappa shape index (κ1) is 29.1. The minimum absolute atomic E-state index is 0.0942. The average molecular weight is 583 g/mol. The monoisotopic (exact) mass is 582 g/mol. The van der Waals surface area contributed by atoms with Crippen LogP contribution in [-0.2, 0) is 35.8 Å². The van der Waals surface area contributed by atoms with Gasteiger partial charge in [0.2, 0.25) is 0 Å². The van der Waals surface area contributed by atoms with Crippen molar-refractivity contribution in [3.05, 3.63) is 118 Å². The van der Waals surface area contributed by atoms with E-state index in [1.54, 1.807) is 25.6 Å². The van der Waals surface area contributed by atoms with E-state index in [-0.39, 0.29) is 12.0 Å². The van der Waals surface area contributed by atoms with Crippen LogP contribution in [0.5, 0.6) is 11.5 Å². The molecule has 0 N–H and O–H groups in total. The van der Waals surface area contributed by atoms with Crippen LogP contribution in [-0.4, -0.2) is 36.7 Å². The molecule has 2 heterocycles. The molecule has 7 nitrogen and oxygen atoms in total. The average Bonchev–Trinajstić information content (AvgIpc) is 3.38. The normalized spacial score (nSPS) is 11.2. The number of ether oxygens (including phenoxy) is 3. The Morgan fingerprint density at radius 1 is 0.881 bits per heavy atom. The lowest BCUT2D eigenvalue weighted by atomic mass is 10.0. The predicted octanol–water partition coefficient (Wildman–Crippen LogP) is 6.49. The highest BCUT2D eigenvalue weighted by molar-refractivity contribution is 7.22. The van der Waals surface area contributed by atoms with Gasteiger partial charge in [0.05, 0.1) is 31.7 Å². The Labute approximate surface area is 249 Å². The summed E-state index contributed by atoms with van der Waals surface area (Å²) >= 11 is 1.59. The lowest BCUT2D eigenvalue weighted by Crippen LogP contribution is -2.20. The highest BCUT2D eigenvalue weighted by Gasteiger charge is 2.23. The van der Waals surface area contributed by atoms with Crippen LogP contribution >= 0.6 is 11.3 Å². The number of esters is 1. The summed E-state index contributed by atoms with van der Waals surface area (Å²) in [5.74, 6) is 1.10. The number of carbonyl (C=O) groups is 1. The molecule has 0 aliphatic rings. The molecule has 0 spiro atoms. The van der Waals surface area contributed by atoms with Crippen molar-refractivity contribution in [1.29, 1.82) is 0 Å². The number of hydrogen-bond donors (Lipinski definition) is 0. The van der Waals surface area contributed by atoms with Crippen LogP contribution in [0.15, 0.2) is 89.9 Å². The Balaban J connectivity index is 1.70. The first-order chi connectivity index (χ1) is 20.4. The van der Waals surface area contributed by atoms with Crippen LogP contribution in [0.4, 0.5) is 0 Å². The summed E-state index contributed by atoms with van der Waals surface area (Å²) in [6, 6.07) is 26.0. The van der Waals surface area contributed by atoms with Crippen LogP contribution in [0, 0.1) is 0 Å². The smallest absolute Gasteiger partial charge is 0.302 e. The third-order valence-electron chi connectivity index (χ3n) is 7.12. The number of fused-ring (bicyclic) bond motifs is 1. The minimum atomic E-state index is -0.433. The Morgan fingerprint density at radius 2 is 1.60 bits per heavy atom. The van der Waals surface area contributed by atoms with Crippen molar-refractivity contribution in [3.63, 3.8) is 0 Å². The minimum Gasteiger partial charge on any atom is -0.497 e. The molecule has 0 amide bonds. The number of methoxy groups -OCH3 is 2. The fourth-order valence-electron chi connectivity index (χ4n) is 5.12. The SMILES string of the molecule is COc1ccc(-c2sc3c(c2CN(C)Cc2ccccc2)c(=O)c(COC(C)=O)cn3Cc2ccccc2OC)cc1. The van der Waals surface area contributed by atoms with E-state index in [2.05, 4.69) is 28.6 Å². The van der Waals surface area contributed by atoms with Crippen LogP contribution in [0.3, 0.4) is 0 Å². The number of para-hydroxylation sites is 1. The van der Waals surface area contributed by atoms with Gasteiger partial charge in [-0.1, -0.05) is 48.5 Å². The van der Waals surface area contributed by atoms with E-state index >= 15 is 0 Å². The molecule has 8 heteroatoms. The summed E-state index contributed by atoms with van der Waals surface area (Å²) in [7, 11) is 5.36. The Kier molecular flexibility index (Phi) is 9.05. The molecule has 0 radical (unpaired) electrons. The molecule has 0 fully saturated rings. The van der Waals surface area contributed by atoms with Gasteiger partial charge in [-0.2, -0.15) is 0 Å². The van der Waals surface area contributed by atoms with E-state index in [9.17, 15) is 9.59 Å². The number of thiophene rings is 1. The van der Waals surface area contributed by atoms with E-state index in [4.69, 9.17) is 14.2 Å². The van der Waals surface area contributed by atoms with Crippen LogP contribution in [0.2, 0.25) is 0 Å². The van der Waals surface area contributed by atoms with Crippen LogP contribution < -0.4 is 14.9 Å². The maximum Gasteiger partial charge on any atom is 0.302 e. The highest BCUT2D eigenvalue weighted by atomic mass is 32.1. The molecular formula is C34H34N2O5S. The summed E-state index contributed by atoms with van der Waals surface area (Å²) in [6.45, 7) is 3.01. The van der Waals surface area contributed by atoms with Gasteiger partial charge in [0.1, 0.15) is 22.9 Å². The zero-order chi connectivity index (χ0) is 29.6. The first-order valence-electron chi connectivity index (χ1n) is 13.7. The summed E-state index contributed by atoms with van der Waals surface area (Å²) < 4.78 is 18.4. The molecule has 0 saturated carbocycles. The Morgan fingerprint density at radius 3 is 2.29 bits per heavy atom. The standard InChI is InChI=1S/C34H34N2O5S/c1-23(37)41-22-27-20-36(19-26-12-8-9-13-30(26)40-4)34-31(32(27)38)29(21-35(2)18-24-10-6-5-7-11-24)33(42-34)25-14-16-28(39-3)17-15-25/h5-17,20H,18-19,21-22H2,1-4H3. The number of hydrogen-bond acceptors (Lipinski definition) is 7. The largest absolute Gasteiger partial charge is 0.497 e. The van der Waals surface area contributed by atoms with Gasteiger partial charge in [0.15, 0.2) is 5.43 Å². The Hall–Kier alpha value is -4.40. The molecule has 2 aromatic heterocycles. The molecule has 5 aromatic rings. The van der Waals surface area contributed by atoms with E-state index in [1.165, 1.54) is 12.5 Å². The van der Waals surface area contributed by atoms with Gasteiger partial charge in [0, 0.05) is 36.7 Å². The van der Waals surface area contributed by atoms with Gasteiger partial charge in [-0.05, 0) is 54.1 Å². The first-order valence-corrected chi connectivity index (χ1v) is 14.5. The van der Waals surface area contributed by atoms with Crippen molar-refractivity contribution < 1.29 is 19.0 Å². The molecule has 3 aromatic carbocycles. The summed E-state index contributed by atoms with van der Waals surface area (Å²) in [4.78, 5) is 29.9. The number of rotatable bonds is 11. The molecule has 5 rings (SSSR count). The number of aromatic nitrogens is 1. The summed E-state index contributed by atoms with van der Waals surface area (Å²) in [5.41, 5.74) is 4.42. The lowest BCUT2D eigenvalue weighted by molar-refractivity contribution is -0.142. The van der Waals surface area contributed by atoms with Crippen molar-refractivity contribution in [2.24, 2.45) is 0 Å². The predicted molar refractivity (Wildman–Crippen MR) is 167 cm³/mol. The van der Waals surface area contributed by atoms with Gasteiger partial charge >= 0.3 is 5.97 Å². The van der Waals surface area contributed by atoms with E-state index in [1.807, 2.05) is 72.9 Å². The summed E-state index contributed by atoms with van der Waals surface area (Å²) in [6.07, 6.45) is 1.81. The molecule has 0 aliphatic heterocycles. The zero-order valence-electron chi connectivity index (χ0n) is 24.3. The number of nitrogens with zero attached hydrogens (tertiary/aromatic N) is 2. The fourth-order valence-corrected chi connectivity index (χ4v) is 6.41. The number of benzene rings is 3. The molecule has 0 bridgehead atoms. The second-order valence-electron chi connectivity index (χ2n) is 10.2. The van der Waals surface area contributed by atoms with Gasteiger partial charge < -0.3 is 18.8 Å². The molecule has 216 valence electrons. The third-order valence-corrected chi connectivity index (χ3v) is 8.44. The maximum atomic E-state index is 14.1. The van der Waals surface area contributed by atoms with Crippen molar-refractivity contribution in [3.8, 4) is 21.9 Å². The van der Waals surface area contributed by atoms with Gasteiger partial charge in [0.25, 0.3) is 0 Å². The third kappa shape index (κ3) is 6.40. The van der Waals surface area contributed by atoms with Gasteiger partial charge in [-0.3, -0.25) is 14.5 Å². The quantitative estimate of drug-likeness (QED) is 0.166. The van der Waals surface area contributed by atoms with Crippen molar-refractivity contribution in [2.45, 2.75) is 33.2 Å². The maximum absolute atomic E-state index is 14.1. The van der Waals surface area contributed by atoms with E-state index in [0.29, 0.717) is 24.0 Å². The lowest BCUT2D eigenvalue weighted by Gasteiger charge is -2.18. The molecule has 0 aliphatic carbocycles. The van der Waals surface area contributed by atoms with Crippen molar-refractivity contribution in [1.82, 2.24) is 9.47 Å². The van der Waals surface area contributed by atoms with Crippen LogP contribution in [0.1, 0.15) is 29.2 Å². The van der Waals surface area contributed by atoms with Crippen molar-refractivity contribution in [2.75, 3.05) is 21.3 Å². The summed E-state index contributed by atoms with van der Waals surface area (Å²) in [5, 5.41) is 0.644. The zero-order valence-corrected chi connectivity index (χ0v) is 25.1. The molecule has 0 saturated heterocycles. The van der Waals surface area contributed by atoms with Crippen molar-refractivity contribution >= 4 is 27.5 Å². The topological polar surface area (TPSA) is 70.0 Å². The Bertz CT molecular complexity index is 1740. The van der Waals surface area contributed by atoms with E-state index < -0.39 is 5.97 Å². The van der Waals surface area contributed by atoms with Gasteiger partial charge in [-0.15, -0.1) is 11.3 Å². The highest BCUT2D eigenvalue weighted by Crippen LogP contribution is 2.39. The van der Waals surface area contributed by atoms with Gasteiger partial charge in [-0.25, -0.2) is 0 Å².